The first kappa shape index (κ1) is 10.6. The largest absolute Gasteiger partial charge is 0.395 e. The molecule has 2 heterocycles. The molecule has 0 unspecified atom stereocenters. The summed E-state index contributed by atoms with van der Waals surface area (Å²) in [6, 6.07) is 1.75. The second-order valence-electron chi connectivity index (χ2n) is 3.49. The molecule has 2 aliphatic heterocycles. The Morgan fingerprint density at radius 1 is 1.50 bits per heavy atom. The van der Waals surface area contributed by atoms with E-state index >= 15 is 0 Å². The summed E-state index contributed by atoms with van der Waals surface area (Å²) in [5.41, 5.74) is 0.0167. The van der Waals surface area contributed by atoms with Crippen LogP contribution in [0.3, 0.4) is 0 Å². The van der Waals surface area contributed by atoms with Crippen LogP contribution in [-0.2, 0) is 6.54 Å². The monoisotopic (exact) mass is 221 g/mol. The molecule has 0 aromatic carbocycles. The average molecular weight is 221 g/mol. The SMILES string of the molecule is Cc1ccn(CCO)c2nc(=O)[nH]c(=O)c1-2. The predicted molar refractivity (Wildman–Crippen MR) is 57.6 cm³/mol. The zero-order valence-corrected chi connectivity index (χ0v) is 8.73. The van der Waals surface area contributed by atoms with Gasteiger partial charge in [-0.25, -0.2) is 4.79 Å². The Morgan fingerprint density at radius 3 is 2.94 bits per heavy atom. The molecule has 0 saturated heterocycles. The Bertz CT molecular complexity index is 599. The molecule has 6 heteroatoms. The molecule has 2 rings (SSSR count). The van der Waals surface area contributed by atoms with Gasteiger partial charge in [-0.1, -0.05) is 0 Å². The highest BCUT2D eigenvalue weighted by Gasteiger charge is 2.15. The van der Waals surface area contributed by atoms with Crippen LogP contribution in [0.25, 0.3) is 11.4 Å². The van der Waals surface area contributed by atoms with Gasteiger partial charge in [0.25, 0.3) is 5.56 Å². The Hall–Kier alpha value is -1.95. The van der Waals surface area contributed by atoms with Crippen molar-refractivity contribution in [2.45, 2.75) is 13.5 Å². The number of hydrogen-bond acceptors (Lipinski definition) is 4. The van der Waals surface area contributed by atoms with E-state index in [4.69, 9.17) is 5.11 Å². The van der Waals surface area contributed by atoms with E-state index in [0.29, 0.717) is 17.9 Å². The number of aliphatic hydroxyl groups is 1. The molecule has 0 aromatic rings. The highest BCUT2D eigenvalue weighted by atomic mass is 16.3. The molecule has 0 amide bonds. The number of fused-ring (bicyclic) bond motifs is 1. The predicted octanol–water partition coefficient (Wildman–Crippen LogP) is -0.663. The van der Waals surface area contributed by atoms with Crippen LogP contribution in [0.1, 0.15) is 5.56 Å². The number of aliphatic hydroxyl groups excluding tert-OH is 1. The Morgan fingerprint density at radius 2 is 2.25 bits per heavy atom. The molecular weight excluding hydrogens is 210 g/mol. The highest BCUT2D eigenvalue weighted by molar-refractivity contribution is 5.59. The van der Waals surface area contributed by atoms with Gasteiger partial charge in [-0.15, -0.1) is 0 Å². The first-order valence-corrected chi connectivity index (χ1v) is 4.84. The Labute approximate surface area is 90.5 Å². The molecule has 6 nitrogen and oxygen atoms in total. The van der Waals surface area contributed by atoms with E-state index in [1.807, 2.05) is 0 Å². The lowest BCUT2D eigenvalue weighted by molar-refractivity contribution is 0.276. The van der Waals surface area contributed by atoms with Gasteiger partial charge in [-0.3, -0.25) is 9.78 Å². The summed E-state index contributed by atoms with van der Waals surface area (Å²) in [5.74, 6) is 0.308. The van der Waals surface area contributed by atoms with Crippen LogP contribution in [0.15, 0.2) is 21.9 Å². The normalized spacial score (nSPS) is 10.9. The minimum Gasteiger partial charge on any atom is -0.395 e. The highest BCUT2D eigenvalue weighted by Crippen LogP contribution is 2.17. The fourth-order valence-electron chi connectivity index (χ4n) is 1.65. The molecule has 0 radical (unpaired) electrons. The Kier molecular flexibility index (Phi) is 2.57. The number of aromatic nitrogens is 3. The number of pyridine rings is 1. The van der Waals surface area contributed by atoms with Crippen LogP contribution in [0.2, 0.25) is 0 Å². The summed E-state index contributed by atoms with van der Waals surface area (Å²) in [4.78, 5) is 28.6. The molecule has 0 atom stereocenters. The van der Waals surface area contributed by atoms with Gasteiger partial charge in [-0.2, -0.15) is 4.98 Å². The lowest BCUT2D eigenvalue weighted by atomic mass is 10.1. The van der Waals surface area contributed by atoms with Crippen molar-refractivity contribution in [2.24, 2.45) is 0 Å². The number of rotatable bonds is 2. The van der Waals surface area contributed by atoms with Crippen LogP contribution in [-0.4, -0.2) is 26.2 Å². The van der Waals surface area contributed by atoms with Crippen LogP contribution in [0.5, 0.6) is 0 Å². The number of aryl methyl sites for hydroxylation is 1. The van der Waals surface area contributed by atoms with Crippen LogP contribution >= 0.6 is 0 Å². The maximum atomic E-state index is 11.6. The van der Waals surface area contributed by atoms with E-state index in [9.17, 15) is 9.59 Å². The van der Waals surface area contributed by atoms with Crippen molar-refractivity contribution in [3.8, 4) is 11.4 Å². The van der Waals surface area contributed by atoms with Crippen molar-refractivity contribution in [3.63, 3.8) is 0 Å². The third-order valence-electron chi connectivity index (χ3n) is 2.39. The van der Waals surface area contributed by atoms with Gasteiger partial charge in [0.05, 0.1) is 12.2 Å². The standard InChI is InChI=1S/C10H11N3O3/c1-6-2-3-13(4-5-14)8-7(6)9(15)12-10(16)11-8/h2-3,14H,4-5H2,1H3,(H,12,15,16). The van der Waals surface area contributed by atoms with E-state index in [-0.39, 0.29) is 6.61 Å². The molecule has 0 bridgehead atoms. The van der Waals surface area contributed by atoms with Crippen LogP contribution in [0, 0.1) is 6.92 Å². The van der Waals surface area contributed by atoms with Crippen LogP contribution < -0.4 is 11.2 Å². The third kappa shape index (κ3) is 1.63. The summed E-state index contributed by atoms with van der Waals surface area (Å²) in [5, 5.41) is 8.87. The number of hydrogen-bond donors (Lipinski definition) is 2. The van der Waals surface area contributed by atoms with Crippen LogP contribution in [0.4, 0.5) is 0 Å². The minimum absolute atomic E-state index is 0.0779. The summed E-state index contributed by atoms with van der Waals surface area (Å²) < 4.78 is 1.58. The second-order valence-corrected chi connectivity index (χ2v) is 3.49. The van der Waals surface area contributed by atoms with Gasteiger partial charge in [0, 0.05) is 12.7 Å². The van der Waals surface area contributed by atoms with Gasteiger partial charge in [0.1, 0.15) is 0 Å². The molecule has 0 spiro atoms. The molecule has 0 fully saturated rings. The maximum Gasteiger partial charge on any atom is 0.349 e. The van der Waals surface area contributed by atoms with E-state index in [0.717, 1.165) is 5.56 Å². The van der Waals surface area contributed by atoms with Gasteiger partial charge in [-0.05, 0) is 18.6 Å². The van der Waals surface area contributed by atoms with E-state index in [1.54, 1.807) is 23.8 Å². The molecule has 0 aliphatic carbocycles. The number of nitrogens with zero attached hydrogens (tertiary/aromatic N) is 2. The lowest BCUT2D eigenvalue weighted by Crippen LogP contribution is -2.28. The molecule has 0 aromatic heterocycles. The van der Waals surface area contributed by atoms with Gasteiger partial charge in [0.2, 0.25) is 0 Å². The fraction of sp³-hybridized carbons (Fsp3) is 0.300. The van der Waals surface area contributed by atoms with Crippen molar-refractivity contribution >= 4 is 0 Å². The van der Waals surface area contributed by atoms with E-state index in [1.165, 1.54) is 0 Å². The first-order valence-electron chi connectivity index (χ1n) is 4.84. The minimum atomic E-state index is -0.671. The quantitative estimate of drug-likeness (QED) is 0.704. The second kappa shape index (κ2) is 3.90. The van der Waals surface area contributed by atoms with E-state index in [2.05, 4.69) is 9.97 Å². The van der Waals surface area contributed by atoms with Gasteiger partial charge in [0.15, 0.2) is 5.82 Å². The van der Waals surface area contributed by atoms with Gasteiger partial charge >= 0.3 is 5.69 Å². The van der Waals surface area contributed by atoms with Crippen molar-refractivity contribution in [2.75, 3.05) is 6.61 Å². The van der Waals surface area contributed by atoms with Crippen molar-refractivity contribution in [1.29, 1.82) is 0 Å². The summed E-state index contributed by atoms with van der Waals surface area (Å²) in [6.45, 7) is 1.99. The van der Waals surface area contributed by atoms with Gasteiger partial charge < -0.3 is 9.67 Å². The maximum absolute atomic E-state index is 11.6. The third-order valence-corrected chi connectivity index (χ3v) is 2.39. The zero-order chi connectivity index (χ0) is 11.7. The van der Waals surface area contributed by atoms with Crippen molar-refractivity contribution in [3.05, 3.63) is 38.7 Å². The smallest absolute Gasteiger partial charge is 0.349 e. The first-order chi connectivity index (χ1) is 7.63. The fourth-order valence-corrected chi connectivity index (χ4v) is 1.65. The van der Waals surface area contributed by atoms with Crippen molar-refractivity contribution in [1.82, 2.24) is 14.5 Å². The Balaban J connectivity index is 2.83. The topological polar surface area (TPSA) is 88.0 Å². The zero-order valence-electron chi connectivity index (χ0n) is 8.73. The number of H-pyrrole nitrogens is 1. The summed E-state index contributed by atoms with van der Waals surface area (Å²) in [7, 11) is 0. The average Bonchev–Trinajstić information content (AvgIpc) is 2.21. The summed E-state index contributed by atoms with van der Waals surface area (Å²) >= 11 is 0. The van der Waals surface area contributed by atoms with E-state index < -0.39 is 11.2 Å². The number of nitrogens with one attached hydrogen (secondary N) is 1. The molecule has 84 valence electrons. The molecule has 2 N–H and O–H groups in total. The lowest BCUT2D eigenvalue weighted by Gasteiger charge is -2.13. The molecular formula is C10H11N3O3. The molecule has 0 saturated carbocycles. The van der Waals surface area contributed by atoms with Crippen molar-refractivity contribution < 1.29 is 5.11 Å². The summed E-state index contributed by atoms with van der Waals surface area (Å²) in [6.07, 6.45) is 1.69. The number of aromatic amines is 1. The molecule has 2 aliphatic rings. The molecule has 16 heavy (non-hydrogen) atoms.